The van der Waals surface area contributed by atoms with Crippen LogP contribution in [0.3, 0.4) is 0 Å². The molecule has 1 atom stereocenters. The number of carbonyl (C=O) groups excluding carboxylic acids is 1. The Morgan fingerprint density at radius 3 is 2.49 bits per heavy atom. The van der Waals surface area contributed by atoms with Gasteiger partial charge in [-0.25, -0.2) is 0 Å². The number of ether oxygens (including phenoxy) is 2. The van der Waals surface area contributed by atoms with Gasteiger partial charge in [0.05, 0.1) is 6.61 Å². The molecule has 47 heavy (non-hydrogen) atoms. The van der Waals surface area contributed by atoms with Gasteiger partial charge in [-0.2, -0.15) is 0 Å². The van der Waals surface area contributed by atoms with Crippen molar-refractivity contribution in [2.24, 2.45) is 13.0 Å². The second kappa shape index (κ2) is 16.6. The molecule has 1 aliphatic heterocycles. The fourth-order valence-electron chi connectivity index (χ4n) is 5.48. The fraction of sp³-hybridized carbons (Fsp3) is 0.378. The molecular weight excluding hydrogens is 611 g/mol. The van der Waals surface area contributed by atoms with Gasteiger partial charge in [-0.1, -0.05) is 62.6 Å². The number of carbonyl (C=O) groups is 1. The van der Waals surface area contributed by atoms with Crippen LogP contribution in [0.5, 0.6) is 5.75 Å². The molecule has 1 unspecified atom stereocenters. The van der Waals surface area contributed by atoms with Crippen molar-refractivity contribution < 1.29 is 18.8 Å². The molecule has 5 rings (SSSR count). The van der Waals surface area contributed by atoms with Crippen LogP contribution in [-0.2, 0) is 33.5 Å². The SMILES string of the molecule is CCCCOCCOc1ccc(-c2ccc3c(c2)C=C(C(=O)Nc2ccc(C[S+]([O-])c4nncn4C)cc2)CCN3CC(C)C)cc1. The van der Waals surface area contributed by atoms with Crippen LogP contribution >= 0.6 is 0 Å². The first-order valence-corrected chi connectivity index (χ1v) is 17.7. The summed E-state index contributed by atoms with van der Waals surface area (Å²) in [6.07, 6.45) is 6.39. The quantitative estimate of drug-likeness (QED) is 0.110. The molecule has 1 aromatic heterocycles. The van der Waals surface area contributed by atoms with Crippen LogP contribution in [0.4, 0.5) is 11.4 Å². The number of benzene rings is 3. The van der Waals surface area contributed by atoms with Crippen molar-refractivity contribution in [3.8, 4) is 16.9 Å². The number of nitrogens with zero attached hydrogens (tertiary/aromatic N) is 4. The second-order valence-corrected chi connectivity index (χ2v) is 13.6. The largest absolute Gasteiger partial charge is 0.609 e. The number of rotatable bonds is 15. The van der Waals surface area contributed by atoms with Gasteiger partial charge in [-0.05, 0) is 77.9 Å². The van der Waals surface area contributed by atoms with Crippen LogP contribution in [0.2, 0.25) is 0 Å². The Morgan fingerprint density at radius 2 is 1.79 bits per heavy atom. The summed E-state index contributed by atoms with van der Waals surface area (Å²) in [5.74, 6) is 1.49. The number of hydrogen-bond donors (Lipinski definition) is 1. The second-order valence-electron chi connectivity index (χ2n) is 12.2. The van der Waals surface area contributed by atoms with E-state index in [0.29, 0.717) is 42.1 Å². The molecule has 3 aromatic carbocycles. The average Bonchev–Trinajstić information content (AvgIpc) is 3.42. The molecule has 0 spiro atoms. The Labute approximate surface area is 281 Å². The van der Waals surface area contributed by atoms with Gasteiger partial charge < -0.3 is 24.2 Å². The summed E-state index contributed by atoms with van der Waals surface area (Å²) in [7, 11) is 1.77. The van der Waals surface area contributed by atoms with E-state index in [4.69, 9.17) is 9.47 Å². The summed E-state index contributed by atoms with van der Waals surface area (Å²) < 4.78 is 25.8. The molecule has 0 aliphatic carbocycles. The minimum atomic E-state index is -1.31. The zero-order valence-corrected chi connectivity index (χ0v) is 28.6. The standard InChI is InChI=1S/C37H45N5O4S/c1-5-6-19-45-20-21-46-34-14-9-29(10-15-34)30-11-16-35-32(22-30)23-31(17-18-42(35)24-27(2)3)36(43)39-33-12-7-28(8-13-33)25-47(44)37-40-38-26-41(37)4/h7-16,22-23,26-27H,5-6,17-21,24-25H2,1-4H3,(H,39,43). The predicted molar refractivity (Wildman–Crippen MR) is 189 cm³/mol. The Hall–Kier alpha value is -4.12. The fourth-order valence-corrected chi connectivity index (χ4v) is 6.61. The molecule has 1 N–H and O–H groups in total. The maximum absolute atomic E-state index is 13.6. The van der Waals surface area contributed by atoms with Gasteiger partial charge in [0.2, 0.25) is 0 Å². The topological polar surface area (TPSA) is 105 Å². The Balaban J connectivity index is 1.28. The smallest absolute Gasteiger partial charge is 0.343 e. The number of hydrogen-bond acceptors (Lipinski definition) is 7. The van der Waals surface area contributed by atoms with Gasteiger partial charge in [-0.3, -0.25) is 9.36 Å². The normalized spacial score (nSPS) is 13.6. The van der Waals surface area contributed by atoms with Crippen LogP contribution in [0.15, 0.2) is 83.8 Å². The lowest BCUT2D eigenvalue weighted by molar-refractivity contribution is -0.112. The van der Waals surface area contributed by atoms with E-state index in [-0.39, 0.29) is 5.91 Å². The van der Waals surface area contributed by atoms with E-state index >= 15 is 0 Å². The molecule has 0 radical (unpaired) electrons. The van der Waals surface area contributed by atoms with E-state index in [9.17, 15) is 9.35 Å². The maximum Gasteiger partial charge on any atom is 0.343 e. The number of unbranched alkanes of at least 4 members (excludes halogenated alkanes) is 1. The first-order chi connectivity index (χ1) is 22.8. The van der Waals surface area contributed by atoms with E-state index in [1.165, 1.54) is 6.33 Å². The monoisotopic (exact) mass is 655 g/mol. The van der Waals surface area contributed by atoms with E-state index in [1.54, 1.807) is 11.6 Å². The third-order valence-electron chi connectivity index (χ3n) is 7.94. The van der Waals surface area contributed by atoms with Crippen molar-refractivity contribution in [3.63, 3.8) is 0 Å². The van der Waals surface area contributed by atoms with Gasteiger partial charge in [-0.15, -0.1) is 5.10 Å². The predicted octanol–water partition coefficient (Wildman–Crippen LogP) is 6.87. The van der Waals surface area contributed by atoms with Crippen molar-refractivity contribution >= 4 is 34.5 Å². The molecule has 0 saturated heterocycles. The third-order valence-corrected chi connectivity index (χ3v) is 9.31. The van der Waals surface area contributed by atoms with Crippen LogP contribution in [0.25, 0.3) is 17.2 Å². The molecule has 1 aliphatic rings. The Morgan fingerprint density at radius 1 is 1.02 bits per heavy atom. The number of anilines is 2. The minimum absolute atomic E-state index is 0.122. The first kappa shape index (κ1) is 34.2. The van der Waals surface area contributed by atoms with Gasteiger partial charge in [0, 0.05) is 60.4 Å². The summed E-state index contributed by atoms with van der Waals surface area (Å²) in [6, 6.07) is 22.1. The lowest BCUT2D eigenvalue weighted by Gasteiger charge is -2.27. The van der Waals surface area contributed by atoms with Crippen molar-refractivity contribution in [1.29, 1.82) is 0 Å². The zero-order chi connectivity index (χ0) is 33.2. The van der Waals surface area contributed by atoms with E-state index < -0.39 is 11.2 Å². The summed E-state index contributed by atoms with van der Waals surface area (Å²) in [4.78, 5) is 16.0. The highest BCUT2D eigenvalue weighted by atomic mass is 32.2. The molecule has 2 heterocycles. The highest BCUT2D eigenvalue weighted by molar-refractivity contribution is 7.90. The van der Waals surface area contributed by atoms with Gasteiger partial charge >= 0.3 is 5.16 Å². The number of aromatic nitrogens is 3. The number of fused-ring (bicyclic) bond motifs is 1. The van der Waals surface area contributed by atoms with Crippen LogP contribution in [0.1, 0.15) is 51.2 Å². The van der Waals surface area contributed by atoms with Crippen molar-refractivity contribution in [1.82, 2.24) is 14.8 Å². The van der Waals surface area contributed by atoms with E-state index in [1.807, 2.05) is 42.5 Å². The average molecular weight is 656 g/mol. The molecule has 1 amide bonds. The minimum Gasteiger partial charge on any atom is -0.609 e. The molecule has 0 bridgehead atoms. The lowest BCUT2D eigenvalue weighted by Crippen LogP contribution is -2.29. The van der Waals surface area contributed by atoms with Crippen LogP contribution in [-0.4, -0.2) is 58.1 Å². The van der Waals surface area contributed by atoms with E-state index in [0.717, 1.165) is 71.8 Å². The maximum atomic E-state index is 13.6. The third kappa shape index (κ3) is 9.47. The molecule has 0 fully saturated rings. The Kier molecular flexibility index (Phi) is 12.1. The zero-order valence-electron chi connectivity index (χ0n) is 27.8. The van der Waals surface area contributed by atoms with Crippen molar-refractivity contribution in [3.05, 3.63) is 89.8 Å². The van der Waals surface area contributed by atoms with Crippen LogP contribution in [0, 0.1) is 5.92 Å². The van der Waals surface area contributed by atoms with Crippen LogP contribution < -0.4 is 15.0 Å². The summed E-state index contributed by atoms with van der Waals surface area (Å²) >= 11 is -1.31. The molecule has 4 aromatic rings. The first-order valence-electron chi connectivity index (χ1n) is 16.3. The van der Waals surface area contributed by atoms with Gasteiger partial charge in [0.15, 0.2) is 0 Å². The highest BCUT2D eigenvalue weighted by Crippen LogP contribution is 2.34. The van der Waals surface area contributed by atoms with E-state index in [2.05, 4.69) is 71.5 Å². The Bertz CT molecular complexity index is 1640. The molecular formula is C37H45N5O4S. The highest BCUT2D eigenvalue weighted by Gasteiger charge is 2.22. The van der Waals surface area contributed by atoms with Crippen molar-refractivity contribution in [2.45, 2.75) is 50.9 Å². The summed E-state index contributed by atoms with van der Waals surface area (Å²) in [5.41, 5.74) is 6.63. The number of aryl methyl sites for hydroxylation is 1. The van der Waals surface area contributed by atoms with Crippen molar-refractivity contribution in [2.75, 3.05) is 43.1 Å². The molecule has 10 heteroatoms. The summed E-state index contributed by atoms with van der Waals surface area (Å²) in [5, 5.41) is 11.3. The number of nitrogens with one attached hydrogen (secondary N) is 1. The molecule has 248 valence electrons. The lowest BCUT2D eigenvalue weighted by atomic mass is 10.00. The number of amides is 1. The molecule has 9 nitrogen and oxygen atoms in total. The molecule has 0 saturated carbocycles. The van der Waals surface area contributed by atoms with Gasteiger partial charge in [0.1, 0.15) is 24.4 Å². The summed E-state index contributed by atoms with van der Waals surface area (Å²) in [6.45, 7) is 10.1. The van der Waals surface area contributed by atoms with Gasteiger partial charge in [0.25, 0.3) is 5.91 Å².